The van der Waals surface area contributed by atoms with Crippen LogP contribution in [0.3, 0.4) is 0 Å². The molecule has 1 aromatic rings. The van der Waals surface area contributed by atoms with Gasteiger partial charge in [-0.2, -0.15) is 0 Å². The van der Waals surface area contributed by atoms with E-state index in [-0.39, 0.29) is 29.7 Å². The molecule has 0 bridgehead atoms. The summed E-state index contributed by atoms with van der Waals surface area (Å²) in [6.45, 7) is 4.74. The molecule has 0 aliphatic rings. The summed E-state index contributed by atoms with van der Waals surface area (Å²) in [7, 11) is -3.88. The molecule has 0 amide bonds. The number of carbonyl (C=O) groups is 1. The number of benzene rings is 1. The molecule has 0 aromatic heterocycles. The summed E-state index contributed by atoms with van der Waals surface area (Å²) >= 11 is 0. The third kappa shape index (κ3) is 7.39. The van der Waals surface area contributed by atoms with E-state index in [1.165, 1.54) is 12.1 Å². The molecular formula is C16H26N2O6S. The summed E-state index contributed by atoms with van der Waals surface area (Å²) < 4.78 is 32.9. The number of sulfonamides is 1. The lowest BCUT2D eigenvalue weighted by Gasteiger charge is -2.14. The van der Waals surface area contributed by atoms with E-state index in [1.54, 1.807) is 0 Å². The molecule has 0 radical (unpaired) electrons. The molecular weight excluding hydrogens is 348 g/mol. The summed E-state index contributed by atoms with van der Waals surface area (Å²) in [6, 6.07) is 3.87. The van der Waals surface area contributed by atoms with Crippen LogP contribution < -0.4 is 10.0 Å². The van der Waals surface area contributed by atoms with Crippen molar-refractivity contribution in [2.45, 2.75) is 37.7 Å². The fourth-order valence-electron chi connectivity index (χ4n) is 2.00. The highest BCUT2D eigenvalue weighted by Crippen LogP contribution is 2.23. The Balaban J connectivity index is 2.88. The highest BCUT2D eigenvalue weighted by molar-refractivity contribution is 7.89. The first-order valence-corrected chi connectivity index (χ1v) is 9.59. The Bertz CT molecular complexity index is 661. The molecule has 1 aromatic carbocycles. The van der Waals surface area contributed by atoms with Gasteiger partial charge in [-0.1, -0.05) is 0 Å². The number of hydrogen-bond donors (Lipinski definition) is 4. The lowest BCUT2D eigenvalue weighted by atomic mass is 10.2. The van der Waals surface area contributed by atoms with Gasteiger partial charge in [-0.25, -0.2) is 17.9 Å². The molecule has 0 unspecified atom stereocenters. The second kappa shape index (κ2) is 10.3. The van der Waals surface area contributed by atoms with Gasteiger partial charge in [0.2, 0.25) is 10.0 Å². The van der Waals surface area contributed by atoms with Gasteiger partial charge in [0.05, 0.1) is 17.4 Å². The van der Waals surface area contributed by atoms with Crippen molar-refractivity contribution in [3.63, 3.8) is 0 Å². The molecule has 0 saturated carbocycles. The molecule has 25 heavy (non-hydrogen) atoms. The van der Waals surface area contributed by atoms with Crippen molar-refractivity contribution in [1.82, 2.24) is 4.72 Å². The van der Waals surface area contributed by atoms with Crippen molar-refractivity contribution in [2.75, 3.05) is 31.6 Å². The largest absolute Gasteiger partial charge is 0.478 e. The van der Waals surface area contributed by atoms with Crippen molar-refractivity contribution in [2.24, 2.45) is 0 Å². The van der Waals surface area contributed by atoms with Gasteiger partial charge in [-0.15, -0.1) is 0 Å². The van der Waals surface area contributed by atoms with Gasteiger partial charge >= 0.3 is 5.97 Å². The van der Waals surface area contributed by atoms with Crippen molar-refractivity contribution < 1.29 is 28.2 Å². The third-order valence-electron chi connectivity index (χ3n) is 3.23. The van der Waals surface area contributed by atoms with Gasteiger partial charge in [0, 0.05) is 26.3 Å². The number of carboxylic acids is 1. The van der Waals surface area contributed by atoms with Crippen LogP contribution in [0.4, 0.5) is 5.69 Å². The lowest BCUT2D eigenvalue weighted by Crippen LogP contribution is -2.27. The minimum Gasteiger partial charge on any atom is -0.478 e. The molecule has 0 heterocycles. The van der Waals surface area contributed by atoms with Crippen molar-refractivity contribution >= 4 is 21.7 Å². The number of aliphatic hydroxyl groups excluding tert-OH is 1. The van der Waals surface area contributed by atoms with Crippen LogP contribution in [0.25, 0.3) is 0 Å². The van der Waals surface area contributed by atoms with Gasteiger partial charge in [0.25, 0.3) is 0 Å². The van der Waals surface area contributed by atoms with Crippen LogP contribution in [0.2, 0.25) is 0 Å². The fraction of sp³-hybridized carbons (Fsp3) is 0.562. The van der Waals surface area contributed by atoms with E-state index in [1.807, 2.05) is 13.8 Å². The summed E-state index contributed by atoms with van der Waals surface area (Å²) in [4.78, 5) is 11.0. The number of ether oxygens (including phenoxy) is 1. The van der Waals surface area contributed by atoms with Gasteiger partial charge in [0.1, 0.15) is 4.90 Å². The van der Waals surface area contributed by atoms with Gasteiger partial charge < -0.3 is 20.3 Å². The predicted octanol–water partition coefficient (Wildman–Crippen LogP) is 1.27. The number of carboxylic acid groups (broad SMARTS) is 1. The maximum Gasteiger partial charge on any atom is 0.335 e. The number of rotatable bonds is 12. The number of aliphatic hydroxyl groups is 1. The Morgan fingerprint density at radius 3 is 2.56 bits per heavy atom. The molecule has 0 fully saturated rings. The van der Waals surface area contributed by atoms with E-state index in [4.69, 9.17) is 14.9 Å². The summed E-state index contributed by atoms with van der Waals surface area (Å²) in [5.74, 6) is -1.20. The average molecular weight is 374 g/mol. The fourth-order valence-corrected chi connectivity index (χ4v) is 3.28. The second-order valence-corrected chi connectivity index (χ2v) is 7.43. The van der Waals surface area contributed by atoms with Crippen molar-refractivity contribution in [1.29, 1.82) is 0 Å². The van der Waals surface area contributed by atoms with E-state index in [9.17, 15) is 13.2 Å². The molecule has 8 nitrogen and oxygen atoms in total. The highest BCUT2D eigenvalue weighted by atomic mass is 32.2. The topological polar surface area (TPSA) is 125 Å². The van der Waals surface area contributed by atoms with Gasteiger partial charge in [-0.3, -0.25) is 0 Å². The van der Waals surface area contributed by atoms with Crippen molar-refractivity contribution in [3.05, 3.63) is 23.8 Å². The second-order valence-electron chi connectivity index (χ2n) is 5.69. The molecule has 1 rings (SSSR count). The quantitative estimate of drug-likeness (QED) is 0.406. The van der Waals surface area contributed by atoms with Crippen molar-refractivity contribution in [3.8, 4) is 0 Å². The zero-order valence-corrected chi connectivity index (χ0v) is 15.3. The minimum atomic E-state index is -3.88. The number of hydrogen-bond acceptors (Lipinski definition) is 6. The number of anilines is 1. The zero-order valence-electron chi connectivity index (χ0n) is 14.5. The maximum atomic E-state index is 12.5. The molecule has 4 N–H and O–H groups in total. The molecule has 142 valence electrons. The Labute approximate surface area is 148 Å². The van der Waals surface area contributed by atoms with Crippen LogP contribution in [-0.4, -0.2) is 57.0 Å². The molecule has 0 aliphatic carbocycles. The zero-order chi connectivity index (χ0) is 18.9. The van der Waals surface area contributed by atoms with Crippen LogP contribution in [0.15, 0.2) is 23.1 Å². The number of nitrogens with one attached hydrogen (secondary N) is 2. The lowest BCUT2D eigenvalue weighted by molar-refractivity contribution is 0.0696. The van der Waals surface area contributed by atoms with E-state index < -0.39 is 16.0 Å². The Morgan fingerprint density at radius 1 is 1.24 bits per heavy atom. The normalized spacial score (nSPS) is 11.7. The SMILES string of the molecule is CC(C)OCCCNS(=O)(=O)c1cc(C(=O)O)ccc1NCCCO. The summed E-state index contributed by atoms with van der Waals surface area (Å²) in [5, 5.41) is 20.8. The first-order valence-electron chi connectivity index (χ1n) is 8.11. The Morgan fingerprint density at radius 2 is 1.96 bits per heavy atom. The van der Waals surface area contributed by atoms with Crippen LogP contribution in [0.5, 0.6) is 0 Å². The highest BCUT2D eigenvalue weighted by Gasteiger charge is 2.20. The predicted molar refractivity (Wildman–Crippen MR) is 94.5 cm³/mol. The smallest absolute Gasteiger partial charge is 0.335 e. The minimum absolute atomic E-state index is 0.0314. The third-order valence-corrected chi connectivity index (χ3v) is 4.73. The van der Waals surface area contributed by atoms with E-state index in [0.29, 0.717) is 31.7 Å². The van der Waals surface area contributed by atoms with E-state index in [0.717, 1.165) is 6.07 Å². The number of aromatic carboxylic acids is 1. The Kier molecular flexibility index (Phi) is 8.84. The first-order chi connectivity index (χ1) is 11.8. The van der Waals surface area contributed by atoms with Crippen LogP contribution in [-0.2, 0) is 14.8 Å². The molecule has 0 aliphatic heterocycles. The van der Waals surface area contributed by atoms with Gasteiger partial charge in [-0.05, 0) is 44.9 Å². The first kappa shape index (κ1) is 21.4. The summed E-state index contributed by atoms with van der Waals surface area (Å²) in [5.41, 5.74) is 0.181. The summed E-state index contributed by atoms with van der Waals surface area (Å²) in [6.07, 6.45) is 1.02. The van der Waals surface area contributed by atoms with E-state index >= 15 is 0 Å². The standard InChI is InChI=1S/C16H26N2O6S/c1-12(2)24-10-4-8-18-25(22,23)15-11-13(16(20)21)5-6-14(15)17-7-3-9-19/h5-6,11-12,17-19H,3-4,7-10H2,1-2H3,(H,20,21). The van der Waals surface area contributed by atoms with Crippen LogP contribution in [0, 0.1) is 0 Å². The van der Waals surface area contributed by atoms with Gasteiger partial charge in [0.15, 0.2) is 0 Å². The molecule has 9 heteroatoms. The maximum absolute atomic E-state index is 12.5. The van der Waals surface area contributed by atoms with Crippen LogP contribution in [0.1, 0.15) is 37.0 Å². The Hall–Kier alpha value is -1.68. The molecule has 0 spiro atoms. The average Bonchev–Trinajstić information content (AvgIpc) is 2.54. The molecule has 0 saturated heterocycles. The molecule has 0 atom stereocenters. The van der Waals surface area contributed by atoms with E-state index in [2.05, 4.69) is 10.0 Å². The van der Waals surface area contributed by atoms with Crippen LogP contribution >= 0.6 is 0 Å². The monoisotopic (exact) mass is 374 g/mol.